The first-order chi connectivity index (χ1) is 8.75. The van der Waals surface area contributed by atoms with E-state index in [9.17, 15) is 9.90 Å². The van der Waals surface area contributed by atoms with Crippen molar-refractivity contribution >= 4 is 17.2 Å². The van der Waals surface area contributed by atoms with E-state index >= 15 is 0 Å². The lowest BCUT2D eigenvalue weighted by Crippen LogP contribution is -2.43. The molecule has 0 saturated carbocycles. The number of nitrogens with zero attached hydrogens (tertiary/aromatic N) is 1. The van der Waals surface area contributed by atoms with Gasteiger partial charge in [-0.2, -0.15) is 11.3 Å². The Hall–Kier alpha value is -0.950. The predicted octanol–water partition coefficient (Wildman–Crippen LogP) is 0.230. The Morgan fingerprint density at radius 1 is 1.56 bits per heavy atom. The Labute approximate surface area is 110 Å². The molecule has 1 fully saturated rings. The number of carbonyl (C=O) groups excluding carboxylic acids is 1. The summed E-state index contributed by atoms with van der Waals surface area (Å²) in [5.74, 6) is -0.0498. The van der Waals surface area contributed by atoms with E-state index < -0.39 is 6.10 Å². The van der Waals surface area contributed by atoms with Crippen LogP contribution in [0.25, 0.3) is 0 Å². The normalized spacial score (nSPS) is 18.5. The fourth-order valence-electron chi connectivity index (χ4n) is 1.81. The van der Waals surface area contributed by atoms with Crippen molar-refractivity contribution in [3.8, 4) is 0 Å². The highest BCUT2D eigenvalue weighted by Gasteiger charge is 2.15. The molecule has 0 spiro atoms. The number of amides is 1. The second kappa shape index (κ2) is 6.84. The van der Waals surface area contributed by atoms with Gasteiger partial charge in [0, 0.05) is 19.6 Å². The smallest absolute Gasteiger partial charge is 0.234 e. The zero-order valence-corrected chi connectivity index (χ0v) is 11.0. The lowest BCUT2D eigenvalue weighted by atomic mass is 10.2. The number of thiophene rings is 1. The summed E-state index contributed by atoms with van der Waals surface area (Å²) >= 11 is 1.54. The number of rotatable bonds is 5. The molecule has 100 valence electrons. The second-order valence-corrected chi connectivity index (χ2v) is 5.05. The SMILES string of the molecule is O=C(CN1CCOCC1)NCC(O)c1ccsc1. The molecule has 1 aromatic heterocycles. The summed E-state index contributed by atoms with van der Waals surface area (Å²) < 4.78 is 5.22. The molecule has 1 aromatic rings. The highest BCUT2D eigenvalue weighted by atomic mass is 32.1. The monoisotopic (exact) mass is 270 g/mol. The Kier molecular flexibility index (Phi) is 5.12. The van der Waals surface area contributed by atoms with Crippen molar-refractivity contribution in [2.24, 2.45) is 0 Å². The average molecular weight is 270 g/mol. The molecule has 5 nitrogen and oxygen atoms in total. The van der Waals surface area contributed by atoms with Crippen LogP contribution in [0.3, 0.4) is 0 Å². The van der Waals surface area contributed by atoms with Gasteiger partial charge in [0.15, 0.2) is 0 Å². The molecule has 6 heteroatoms. The summed E-state index contributed by atoms with van der Waals surface area (Å²) in [5.41, 5.74) is 0.853. The number of hydrogen-bond acceptors (Lipinski definition) is 5. The summed E-state index contributed by atoms with van der Waals surface area (Å²) in [6, 6.07) is 1.86. The molecule has 2 N–H and O–H groups in total. The van der Waals surface area contributed by atoms with Crippen LogP contribution in [-0.4, -0.2) is 55.3 Å². The molecule has 1 aliphatic heterocycles. The van der Waals surface area contributed by atoms with Crippen molar-refractivity contribution in [1.82, 2.24) is 10.2 Å². The fraction of sp³-hybridized carbons (Fsp3) is 0.583. The van der Waals surface area contributed by atoms with E-state index in [1.54, 1.807) is 0 Å². The lowest BCUT2D eigenvalue weighted by Gasteiger charge is -2.26. The minimum Gasteiger partial charge on any atom is -0.387 e. The van der Waals surface area contributed by atoms with Crippen molar-refractivity contribution in [3.63, 3.8) is 0 Å². The van der Waals surface area contributed by atoms with Crippen LogP contribution in [0.5, 0.6) is 0 Å². The topological polar surface area (TPSA) is 61.8 Å². The van der Waals surface area contributed by atoms with E-state index in [2.05, 4.69) is 10.2 Å². The molecular formula is C12H18N2O3S. The van der Waals surface area contributed by atoms with Gasteiger partial charge < -0.3 is 15.2 Å². The molecule has 1 unspecified atom stereocenters. The molecule has 0 aromatic carbocycles. The minimum absolute atomic E-state index is 0.0498. The van der Waals surface area contributed by atoms with Gasteiger partial charge in [-0.3, -0.25) is 9.69 Å². The Bertz CT molecular complexity index is 363. The third-order valence-electron chi connectivity index (χ3n) is 2.89. The Balaban J connectivity index is 1.68. The number of carbonyl (C=O) groups is 1. The Morgan fingerprint density at radius 2 is 2.33 bits per heavy atom. The van der Waals surface area contributed by atoms with Gasteiger partial charge in [0.05, 0.1) is 25.9 Å². The summed E-state index contributed by atoms with van der Waals surface area (Å²) in [5, 5.41) is 16.4. The van der Waals surface area contributed by atoms with E-state index in [0.717, 1.165) is 18.7 Å². The Morgan fingerprint density at radius 3 is 3.00 bits per heavy atom. The van der Waals surface area contributed by atoms with Crippen LogP contribution in [0.2, 0.25) is 0 Å². The van der Waals surface area contributed by atoms with Gasteiger partial charge in [0.1, 0.15) is 0 Å². The number of ether oxygens (including phenoxy) is 1. The molecule has 0 radical (unpaired) electrons. The summed E-state index contributed by atoms with van der Waals surface area (Å²) in [6.45, 7) is 3.59. The van der Waals surface area contributed by atoms with Gasteiger partial charge in [-0.1, -0.05) is 0 Å². The molecule has 2 rings (SSSR count). The van der Waals surface area contributed by atoms with Gasteiger partial charge >= 0.3 is 0 Å². The molecule has 1 saturated heterocycles. The minimum atomic E-state index is -0.620. The van der Waals surface area contributed by atoms with Crippen molar-refractivity contribution in [2.75, 3.05) is 39.4 Å². The molecule has 1 amide bonds. The van der Waals surface area contributed by atoms with Gasteiger partial charge in [0.2, 0.25) is 5.91 Å². The maximum Gasteiger partial charge on any atom is 0.234 e. The van der Waals surface area contributed by atoms with Gasteiger partial charge in [-0.05, 0) is 22.4 Å². The molecule has 0 aliphatic carbocycles. The van der Waals surface area contributed by atoms with Crippen LogP contribution in [0.1, 0.15) is 11.7 Å². The van der Waals surface area contributed by atoms with E-state index in [0.29, 0.717) is 19.8 Å². The van der Waals surface area contributed by atoms with Crippen LogP contribution < -0.4 is 5.32 Å². The molecule has 2 heterocycles. The summed E-state index contributed by atoms with van der Waals surface area (Å²) in [6.07, 6.45) is -0.620. The van der Waals surface area contributed by atoms with Crippen molar-refractivity contribution in [2.45, 2.75) is 6.10 Å². The highest BCUT2D eigenvalue weighted by molar-refractivity contribution is 7.07. The van der Waals surface area contributed by atoms with E-state index in [1.165, 1.54) is 11.3 Å². The molecule has 1 aliphatic rings. The van der Waals surface area contributed by atoms with E-state index in [1.807, 2.05) is 16.8 Å². The zero-order chi connectivity index (χ0) is 12.8. The highest BCUT2D eigenvalue weighted by Crippen LogP contribution is 2.14. The predicted molar refractivity (Wildman–Crippen MR) is 69.5 cm³/mol. The lowest BCUT2D eigenvalue weighted by molar-refractivity contribution is -0.123. The first-order valence-electron chi connectivity index (χ1n) is 6.02. The average Bonchev–Trinajstić information content (AvgIpc) is 2.91. The van der Waals surface area contributed by atoms with Crippen LogP contribution in [0.15, 0.2) is 16.8 Å². The van der Waals surface area contributed by atoms with Crippen molar-refractivity contribution < 1.29 is 14.6 Å². The first kappa shape index (κ1) is 13.5. The van der Waals surface area contributed by atoms with Gasteiger partial charge in [-0.25, -0.2) is 0 Å². The van der Waals surface area contributed by atoms with Crippen LogP contribution in [0, 0.1) is 0 Å². The maximum absolute atomic E-state index is 11.7. The largest absolute Gasteiger partial charge is 0.387 e. The second-order valence-electron chi connectivity index (χ2n) is 4.27. The number of aliphatic hydroxyl groups excluding tert-OH is 1. The van der Waals surface area contributed by atoms with Crippen molar-refractivity contribution in [1.29, 1.82) is 0 Å². The van der Waals surface area contributed by atoms with Crippen LogP contribution >= 0.6 is 11.3 Å². The number of aliphatic hydroxyl groups is 1. The van der Waals surface area contributed by atoms with Gasteiger partial charge in [-0.15, -0.1) is 0 Å². The van der Waals surface area contributed by atoms with E-state index in [4.69, 9.17) is 4.74 Å². The summed E-state index contributed by atoms with van der Waals surface area (Å²) in [7, 11) is 0. The summed E-state index contributed by atoms with van der Waals surface area (Å²) in [4.78, 5) is 13.7. The zero-order valence-electron chi connectivity index (χ0n) is 10.2. The third-order valence-corrected chi connectivity index (χ3v) is 3.59. The number of hydrogen-bond donors (Lipinski definition) is 2. The molecule has 1 atom stereocenters. The number of nitrogens with one attached hydrogen (secondary N) is 1. The molecular weight excluding hydrogens is 252 g/mol. The van der Waals surface area contributed by atoms with Gasteiger partial charge in [0.25, 0.3) is 0 Å². The fourth-order valence-corrected chi connectivity index (χ4v) is 2.52. The standard InChI is InChI=1S/C12H18N2O3S/c15-11(10-1-6-18-9-10)7-13-12(16)8-14-2-4-17-5-3-14/h1,6,9,11,15H,2-5,7-8H2,(H,13,16). The van der Waals surface area contributed by atoms with Crippen molar-refractivity contribution in [3.05, 3.63) is 22.4 Å². The van der Waals surface area contributed by atoms with Crippen LogP contribution in [0.4, 0.5) is 0 Å². The third kappa shape index (κ3) is 4.06. The quantitative estimate of drug-likeness (QED) is 0.804. The first-order valence-corrected chi connectivity index (χ1v) is 6.97. The maximum atomic E-state index is 11.7. The van der Waals surface area contributed by atoms with E-state index in [-0.39, 0.29) is 12.5 Å². The molecule has 18 heavy (non-hydrogen) atoms. The molecule has 0 bridgehead atoms. The van der Waals surface area contributed by atoms with Crippen LogP contribution in [-0.2, 0) is 9.53 Å². The number of morpholine rings is 1.